The van der Waals surface area contributed by atoms with Crippen molar-refractivity contribution in [2.45, 2.75) is 72.2 Å². The molecule has 0 aromatic carbocycles. The topological polar surface area (TPSA) is 61.1 Å². The summed E-state index contributed by atoms with van der Waals surface area (Å²) in [5.41, 5.74) is 3.93. The zero-order valence-corrected chi connectivity index (χ0v) is 18.4. The molecule has 0 heterocycles. The number of hydrogen-bond donors (Lipinski definition) is 1. The van der Waals surface area contributed by atoms with Gasteiger partial charge in [-0.05, 0) is 60.2 Å². The van der Waals surface area contributed by atoms with Crippen molar-refractivity contribution < 1.29 is 9.90 Å². The van der Waals surface area contributed by atoms with Crippen LogP contribution in [-0.4, -0.2) is 25.1 Å². The molecule has 0 radical (unpaired) electrons. The van der Waals surface area contributed by atoms with Crippen molar-refractivity contribution in [2.75, 3.05) is 0 Å². The third kappa shape index (κ3) is 3.14. The van der Waals surface area contributed by atoms with Crippen molar-refractivity contribution in [1.82, 2.24) is 0 Å². The molecule has 2 fully saturated rings. The van der Waals surface area contributed by atoms with Crippen molar-refractivity contribution in [3.05, 3.63) is 23.3 Å². The highest BCUT2D eigenvalue weighted by Gasteiger charge is 2.59. The van der Waals surface area contributed by atoms with Gasteiger partial charge < -0.3 is 5.11 Å². The van der Waals surface area contributed by atoms with Crippen LogP contribution < -0.4 is 0 Å². The molecular formula is C23H31NO2Si. The molecule has 4 heteroatoms. The van der Waals surface area contributed by atoms with E-state index in [2.05, 4.69) is 57.9 Å². The lowest BCUT2D eigenvalue weighted by molar-refractivity contribution is -0.113. The molecular weight excluding hydrogens is 350 g/mol. The van der Waals surface area contributed by atoms with E-state index in [1.54, 1.807) is 6.08 Å². The molecule has 144 valence electrons. The lowest BCUT2D eigenvalue weighted by Crippen LogP contribution is -2.55. The van der Waals surface area contributed by atoms with Gasteiger partial charge in [0.1, 0.15) is 14.1 Å². The lowest BCUT2D eigenvalue weighted by atomic mass is 9.44. The number of carbonyl (C=O) groups is 1. The minimum absolute atomic E-state index is 0.178. The molecule has 0 aromatic rings. The van der Waals surface area contributed by atoms with Crippen molar-refractivity contribution in [1.29, 1.82) is 5.26 Å². The van der Waals surface area contributed by atoms with E-state index >= 15 is 0 Å². The van der Waals surface area contributed by atoms with Gasteiger partial charge in [-0.25, -0.2) is 0 Å². The second kappa shape index (κ2) is 6.19. The number of ketones is 1. The predicted molar refractivity (Wildman–Crippen MR) is 110 cm³/mol. The SMILES string of the molecule is CC1(C)[C@@H](O)CC[C@]2(C)C3=CC(=O)C(C#N)=C[C@]3(C#C[Si](C)(C)C)CC[C@@H]12. The van der Waals surface area contributed by atoms with E-state index in [1.807, 2.05) is 6.08 Å². The molecule has 0 amide bonds. The van der Waals surface area contributed by atoms with E-state index < -0.39 is 13.5 Å². The van der Waals surface area contributed by atoms with Gasteiger partial charge >= 0.3 is 0 Å². The molecule has 0 unspecified atom stereocenters. The van der Waals surface area contributed by atoms with Crippen molar-refractivity contribution in [3.8, 4) is 17.5 Å². The zero-order valence-electron chi connectivity index (χ0n) is 17.4. The maximum atomic E-state index is 12.6. The number of fused-ring (bicyclic) bond motifs is 3. The van der Waals surface area contributed by atoms with E-state index in [0.717, 1.165) is 31.3 Å². The summed E-state index contributed by atoms with van der Waals surface area (Å²) in [5, 5.41) is 20.1. The molecule has 2 saturated carbocycles. The minimum Gasteiger partial charge on any atom is -0.393 e. The third-order valence-electron chi connectivity index (χ3n) is 7.10. The van der Waals surface area contributed by atoms with Crippen LogP contribution in [-0.2, 0) is 4.79 Å². The normalized spacial score (nSPS) is 37.6. The van der Waals surface area contributed by atoms with Crippen LogP contribution in [0.3, 0.4) is 0 Å². The highest BCUT2D eigenvalue weighted by atomic mass is 28.3. The quantitative estimate of drug-likeness (QED) is 0.499. The second-order valence-corrected chi connectivity index (χ2v) is 15.2. The zero-order chi connectivity index (χ0) is 20.3. The molecule has 0 saturated heterocycles. The molecule has 3 aliphatic carbocycles. The van der Waals surface area contributed by atoms with Gasteiger partial charge in [0.25, 0.3) is 0 Å². The fourth-order valence-electron chi connectivity index (χ4n) is 5.59. The molecule has 1 N–H and O–H groups in total. The number of rotatable bonds is 0. The molecule has 3 aliphatic rings. The van der Waals surface area contributed by atoms with Crippen LogP contribution in [0, 0.1) is 45.0 Å². The lowest BCUT2D eigenvalue weighted by Gasteiger charge is -2.60. The van der Waals surface area contributed by atoms with Gasteiger partial charge in [0.15, 0.2) is 5.78 Å². The van der Waals surface area contributed by atoms with Crippen LogP contribution in [0.5, 0.6) is 0 Å². The summed E-state index contributed by atoms with van der Waals surface area (Å²) >= 11 is 0. The molecule has 0 spiro atoms. The highest BCUT2D eigenvalue weighted by molar-refractivity contribution is 6.83. The Hall–Kier alpha value is -1.62. The summed E-state index contributed by atoms with van der Waals surface area (Å²) < 4.78 is 0. The number of nitrogens with zero attached hydrogens (tertiary/aromatic N) is 1. The van der Waals surface area contributed by atoms with Gasteiger partial charge in [0, 0.05) is 0 Å². The number of aliphatic hydroxyl groups is 1. The Morgan fingerprint density at radius 1 is 1.19 bits per heavy atom. The first-order valence-corrected chi connectivity index (χ1v) is 13.5. The van der Waals surface area contributed by atoms with Gasteiger partial charge in [-0.3, -0.25) is 4.79 Å². The molecule has 3 rings (SSSR count). The fourth-order valence-corrected chi connectivity index (χ4v) is 6.19. The molecule has 0 aliphatic heterocycles. The number of carbonyl (C=O) groups excluding carboxylic acids is 1. The molecule has 27 heavy (non-hydrogen) atoms. The third-order valence-corrected chi connectivity index (χ3v) is 7.97. The van der Waals surface area contributed by atoms with Gasteiger partial charge in [-0.15, -0.1) is 5.54 Å². The Labute approximate surface area is 164 Å². The molecule has 0 aromatic heterocycles. The van der Waals surface area contributed by atoms with E-state index in [-0.39, 0.29) is 28.3 Å². The monoisotopic (exact) mass is 381 g/mol. The number of aliphatic hydroxyl groups excluding tert-OH is 1. The summed E-state index contributed by atoms with van der Waals surface area (Å²) in [5.74, 6) is 3.67. The van der Waals surface area contributed by atoms with Gasteiger partial charge in [-0.2, -0.15) is 5.26 Å². The van der Waals surface area contributed by atoms with Crippen molar-refractivity contribution in [2.24, 2.45) is 22.2 Å². The van der Waals surface area contributed by atoms with E-state index in [1.165, 1.54) is 0 Å². The van der Waals surface area contributed by atoms with Crippen LogP contribution in [0.25, 0.3) is 0 Å². The highest BCUT2D eigenvalue weighted by Crippen LogP contribution is 2.65. The molecule has 4 atom stereocenters. The standard InChI is InChI=1S/C23H31NO2Si/c1-21(2)18-7-10-23(11-12-27(4,5)6)14-16(15-24)17(25)13-19(23)22(18,3)9-8-20(21)26/h13-14,18,20,26H,7-10H2,1-6H3/t18-,20-,22-,23+/m0/s1. The molecule has 0 bridgehead atoms. The van der Waals surface area contributed by atoms with E-state index in [4.69, 9.17) is 0 Å². The van der Waals surface area contributed by atoms with Gasteiger partial charge in [0.2, 0.25) is 0 Å². The Kier molecular flexibility index (Phi) is 4.62. The van der Waals surface area contributed by atoms with E-state index in [9.17, 15) is 15.2 Å². The Morgan fingerprint density at radius 2 is 1.85 bits per heavy atom. The largest absolute Gasteiger partial charge is 0.393 e. The summed E-state index contributed by atoms with van der Waals surface area (Å²) in [4.78, 5) is 12.6. The fraction of sp³-hybridized carbons (Fsp3) is 0.652. The maximum Gasteiger partial charge on any atom is 0.196 e. The average molecular weight is 382 g/mol. The number of nitriles is 1. The van der Waals surface area contributed by atoms with Crippen LogP contribution in [0.4, 0.5) is 0 Å². The summed E-state index contributed by atoms with van der Waals surface area (Å²) in [7, 11) is -1.60. The summed E-state index contributed by atoms with van der Waals surface area (Å²) in [6, 6.07) is 2.09. The van der Waals surface area contributed by atoms with Gasteiger partial charge in [0.05, 0.1) is 17.1 Å². The Balaban J connectivity index is 2.19. The second-order valence-electron chi connectivity index (χ2n) is 10.4. The summed E-state index contributed by atoms with van der Waals surface area (Å²) in [6.45, 7) is 13.2. The van der Waals surface area contributed by atoms with Crippen LogP contribution in [0.15, 0.2) is 23.3 Å². The minimum atomic E-state index is -1.60. The van der Waals surface area contributed by atoms with Crippen LogP contribution >= 0.6 is 0 Å². The molecule has 3 nitrogen and oxygen atoms in total. The smallest absolute Gasteiger partial charge is 0.196 e. The van der Waals surface area contributed by atoms with Crippen LogP contribution in [0.1, 0.15) is 46.5 Å². The Bertz CT molecular complexity index is 842. The first kappa shape index (κ1) is 20.1. The van der Waals surface area contributed by atoms with Crippen molar-refractivity contribution >= 4 is 13.9 Å². The predicted octanol–water partition coefficient (Wildman–Crippen LogP) is 4.41. The van der Waals surface area contributed by atoms with E-state index in [0.29, 0.717) is 5.92 Å². The average Bonchev–Trinajstić information content (AvgIpc) is 2.57. The summed E-state index contributed by atoms with van der Waals surface area (Å²) in [6.07, 6.45) is 6.61. The van der Waals surface area contributed by atoms with Crippen molar-refractivity contribution in [3.63, 3.8) is 0 Å². The van der Waals surface area contributed by atoms with Crippen LogP contribution in [0.2, 0.25) is 19.6 Å². The van der Waals surface area contributed by atoms with Gasteiger partial charge in [-0.1, -0.05) is 46.3 Å². The number of allylic oxidation sites excluding steroid dienone is 4. The Morgan fingerprint density at radius 3 is 2.44 bits per heavy atom. The maximum absolute atomic E-state index is 12.6. The number of hydrogen-bond acceptors (Lipinski definition) is 3. The first-order chi connectivity index (χ1) is 12.4. The first-order valence-electron chi connectivity index (χ1n) is 9.98.